The third-order valence-electron chi connectivity index (χ3n) is 3.29. The van der Waals surface area contributed by atoms with Gasteiger partial charge in [0.1, 0.15) is 10.7 Å². The molecule has 0 radical (unpaired) electrons. The average molecular weight is 334 g/mol. The number of benzene rings is 1. The molecule has 8 heteroatoms. The van der Waals surface area contributed by atoms with Crippen LogP contribution in [0, 0.1) is 5.82 Å². The zero-order chi connectivity index (χ0) is 15.3. The number of hydrogen-bond acceptors (Lipinski definition) is 5. The van der Waals surface area contributed by atoms with Crippen LogP contribution in [0.5, 0.6) is 0 Å². The zero-order valence-electron chi connectivity index (χ0n) is 11.6. The van der Waals surface area contributed by atoms with Gasteiger partial charge in [0.15, 0.2) is 0 Å². The van der Waals surface area contributed by atoms with Crippen molar-refractivity contribution in [3.63, 3.8) is 0 Å². The molecule has 2 rings (SSSR count). The summed E-state index contributed by atoms with van der Waals surface area (Å²) < 4.78 is 40.3. The van der Waals surface area contributed by atoms with Gasteiger partial charge in [-0.25, -0.2) is 17.5 Å². The Morgan fingerprint density at radius 1 is 1.33 bits per heavy atom. The molecule has 21 heavy (non-hydrogen) atoms. The Bertz CT molecular complexity index is 575. The maximum Gasteiger partial charge on any atom is 0.243 e. The number of nitrogens with zero attached hydrogens (tertiary/aromatic N) is 1. The summed E-state index contributed by atoms with van der Waals surface area (Å²) in [5, 5.41) is 8.90. The summed E-state index contributed by atoms with van der Waals surface area (Å²) in [6.07, 6.45) is 0. The molecule has 1 aliphatic heterocycles. The predicted octanol–water partition coefficient (Wildman–Crippen LogP) is 0.645. The van der Waals surface area contributed by atoms with Crippen LogP contribution in [-0.4, -0.2) is 56.1 Å². The van der Waals surface area contributed by atoms with Gasteiger partial charge in [-0.1, -0.05) is 6.07 Å². The lowest BCUT2D eigenvalue weighted by Gasteiger charge is -2.25. The lowest BCUT2D eigenvalue weighted by molar-refractivity contribution is 0.281. The summed E-state index contributed by atoms with van der Waals surface area (Å²) in [6.45, 7) is 2.46. The van der Waals surface area contributed by atoms with Crippen LogP contribution in [0.25, 0.3) is 0 Å². The van der Waals surface area contributed by atoms with E-state index in [2.05, 4.69) is 9.62 Å². The highest BCUT2D eigenvalue weighted by atomic mass is 32.2. The Morgan fingerprint density at radius 3 is 2.67 bits per heavy atom. The number of thioether (sulfide) groups is 1. The van der Waals surface area contributed by atoms with Crippen molar-refractivity contribution in [3.8, 4) is 0 Å². The van der Waals surface area contributed by atoms with Crippen LogP contribution in [0.1, 0.15) is 5.56 Å². The van der Waals surface area contributed by atoms with Crippen molar-refractivity contribution in [1.29, 1.82) is 0 Å². The van der Waals surface area contributed by atoms with Crippen molar-refractivity contribution in [2.24, 2.45) is 0 Å². The zero-order valence-corrected chi connectivity index (χ0v) is 13.2. The number of nitrogens with one attached hydrogen (secondary N) is 1. The molecular weight excluding hydrogens is 315 g/mol. The lowest BCUT2D eigenvalue weighted by atomic mass is 10.2. The van der Waals surface area contributed by atoms with Crippen molar-refractivity contribution in [2.45, 2.75) is 11.5 Å². The minimum atomic E-state index is -3.86. The van der Waals surface area contributed by atoms with E-state index in [0.29, 0.717) is 12.1 Å². The van der Waals surface area contributed by atoms with Gasteiger partial charge in [-0.05, 0) is 17.7 Å². The van der Waals surface area contributed by atoms with E-state index in [-0.39, 0.29) is 18.0 Å². The fourth-order valence-corrected chi connectivity index (χ4v) is 4.16. The Hall–Kier alpha value is -0.670. The van der Waals surface area contributed by atoms with Gasteiger partial charge >= 0.3 is 0 Å². The first kappa shape index (κ1) is 16.7. The van der Waals surface area contributed by atoms with Crippen molar-refractivity contribution in [2.75, 3.05) is 37.7 Å². The first-order valence-corrected chi connectivity index (χ1v) is 9.36. The average Bonchev–Trinajstić information content (AvgIpc) is 2.47. The molecule has 118 valence electrons. The largest absolute Gasteiger partial charge is 0.392 e. The maximum atomic E-state index is 13.8. The minimum Gasteiger partial charge on any atom is -0.392 e. The first-order chi connectivity index (χ1) is 10.0. The molecule has 0 aromatic heterocycles. The second-order valence-electron chi connectivity index (χ2n) is 4.77. The van der Waals surface area contributed by atoms with Gasteiger partial charge in [-0.2, -0.15) is 11.8 Å². The summed E-state index contributed by atoms with van der Waals surface area (Å²) in [5.41, 5.74) is 0.345. The number of sulfonamides is 1. The van der Waals surface area contributed by atoms with Crippen LogP contribution in [-0.2, 0) is 16.6 Å². The molecule has 0 atom stereocenters. The molecule has 0 aliphatic carbocycles. The van der Waals surface area contributed by atoms with Crippen LogP contribution in [0.15, 0.2) is 23.1 Å². The molecule has 0 unspecified atom stereocenters. The fraction of sp³-hybridized carbons (Fsp3) is 0.538. The molecule has 1 heterocycles. The Morgan fingerprint density at radius 2 is 2.05 bits per heavy atom. The van der Waals surface area contributed by atoms with Gasteiger partial charge in [0, 0.05) is 37.7 Å². The molecule has 5 nitrogen and oxygen atoms in total. The lowest BCUT2D eigenvalue weighted by Crippen LogP contribution is -2.39. The van der Waals surface area contributed by atoms with Gasteiger partial charge < -0.3 is 10.0 Å². The topological polar surface area (TPSA) is 69.6 Å². The molecule has 0 spiro atoms. The van der Waals surface area contributed by atoms with E-state index in [1.165, 1.54) is 12.1 Å². The van der Waals surface area contributed by atoms with Gasteiger partial charge in [-0.15, -0.1) is 0 Å². The highest BCUT2D eigenvalue weighted by Crippen LogP contribution is 2.16. The normalized spacial score (nSPS) is 17.0. The monoisotopic (exact) mass is 334 g/mol. The number of hydrogen-bond donors (Lipinski definition) is 2. The quantitative estimate of drug-likeness (QED) is 0.799. The van der Waals surface area contributed by atoms with E-state index in [1.54, 1.807) is 0 Å². The van der Waals surface area contributed by atoms with Gasteiger partial charge in [0.25, 0.3) is 0 Å². The van der Waals surface area contributed by atoms with Crippen molar-refractivity contribution in [1.82, 2.24) is 9.62 Å². The van der Waals surface area contributed by atoms with Gasteiger partial charge in [0.2, 0.25) is 10.0 Å². The second-order valence-corrected chi connectivity index (χ2v) is 7.73. The van der Waals surface area contributed by atoms with Crippen molar-refractivity contribution >= 4 is 21.8 Å². The molecule has 1 fully saturated rings. The Balaban J connectivity index is 1.94. The molecule has 1 aliphatic rings. The third kappa shape index (κ3) is 4.65. The van der Waals surface area contributed by atoms with Gasteiger partial charge in [0.05, 0.1) is 6.61 Å². The summed E-state index contributed by atoms with van der Waals surface area (Å²) in [6, 6.07) is 3.62. The predicted molar refractivity (Wildman–Crippen MR) is 81.3 cm³/mol. The minimum absolute atomic E-state index is 0.258. The van der Waals surface area contributed by atoms with Crippen LogP contribution in [0.2, 0.25) is 0 Å². The fourth-order valence-electron chi connectivity index (χ4n) is 2.10. The number of rotatable bonds is 6. The Kier molecular flexibility index (Phi) is 6.00. The summed E-state index contributed by atoms with van der Waals surface area (Å²) in [4.78, 5) is 1.80. The molecule has 0 saturated carbocycles. The van der Waals surface area contributed by atoms with E-state index >= 15 is 0 Å². The van der Waals surface area contributed by atoms with E-state index in [1.807, 2.05) is 11.8 Å². The highest BCUT2D eigenvalue weighted by molar-refractivity contribution is 7.99. The van der Waals surface area contributed by atoms with E-state index in [9.17, 15) is 12.8 Å². The third-order valence-corrected chi connectivity index (χ3v) is 5.73. The van der Waals surface area contributed by atoms with E-state index in [0.717, 1.165) is 30.7 Å². The molecule has 1 saturated heterocycles. The SMILES string of the molecule is O=S(=O)(NCCN1CCSCC1)c1ccc(CO)cc1F. The summed E-state index contributed by atoms with van der Waals surface area (Å²) in [7, 11) is -3.86. The number of aliphatic hydroxyl groups excluding tert-OH is 1. The van der Waals surface area contributed by atoms with Gasteiger partial charge in [-0.3, -0.25) is 0 Å². The summed E-state index contributed by atoms with van der Waals surface area (Å²) in [5.74, 6) is 1.27. The molecule has 1 aromatic rings. The second kappa shape index (κ2) is 7.55. The summed E-state index contributed by atoms with van der Waals surface area (Å²) >= 11 is 1.89. The van der Waals surface area contributed by atoms with Crippen LogP contribution in [0.3, 0.4) is 0 Å². The molecule has 0 bridgehead atoms. The van der Waals surface area contributed by atoms with Crippen molar-refractivity contribution in [3.05, 3.63) is 29.6 Å². The standard InChI is InChI=1S/C13H19FN2O3S2/c14-12-9-11(10-17)1-2-13(12)21(18,19)15-3-4-16-5-7-20-8-6-16/h1-2,9,15,17H,3-8,10H2. The molecule has 0 amide bonds. The number of halogens is 1. The maximum absolute atomic E-state index is 13.8. The smallest absolute Gasteiger partial charge is 0.243 e. The highest BCUT2D eigenvalue weighted by Gasteiger charge is 2.19. The molecular formula is C13H19FN2O3S2. The number of aliphatic hydroxyl groups is 1. The molecule has 2 N–H and O–H groups in total. The van der Waals surface area contributed by atoms with Crippen molar-refractivity contribution < 1.29 is 17.9 Å². The van der Waals surface area contributed by atoms with Crippen LogP contribution < -0.4 is 4.72 Å². The first-order valence-electron chi connectivity index (χ1n) is 6.72. The van der Waals surface area contributed by atoms with Crippen LogP contribution >= 0.6 is 11.8 Å². The van der Waals surface area contributed by atoms with Crippen LogP contribution in [0.4, 0.5) is 4.39 Å². The van der Waals surface area contributed by atoms with E-state index in [4.69, 9.17) is 5.11 Å². The Labute approximate surface area is 128 Å². The van der Waals surface area contributed by atoms with E-state index < -0.39 is 15.8 Å². The molecule has 1 aromatic carbocycles.